The summed E-state index contributed by atoms with van der Waals surface area (Å²) in [6.45, 7) is 3.72. The lowest BCUT2D eigenvalue weighted by atomic mass is 9.95. The number of rotatable bonds is 6. The van der Waals surface area contributed by atoms with Gasteiger partial charge in [-0.1, -0.05) is 6.07 Å². The Labute approximate surface area is 203 Å². The molecular formula is C26H26FN7O. The minimum atomic E-state index is -0.580. The van der Waals surface area contributed by atoms with Gasteiger partial charge in [-0.05, 0) is 49.7 Å². The Hall–Kier alpha value is -4.40. The van der Waals surface area contributed by atoms with Gasteiger partial charge >= 0.3 is 0 Å². The minimum absolute atomic E-state index is 0.0530. The highest BCUT2D eigenvalue weighted by molar-refractivity contribution is 6.06. The van der Waals surface area contributed by atoms with E-state index in [2.05, 4.69) is 25.3 Å². The van der Waals surface area contributed by atoms with E-state index in [0.717, 1.165) is 17.2 Å². The number of carbonyl (C=O) groups excluding carboxylic acids is 1. The summed E-state index contributed by atoms with van der Waals surface area (Å²) in [5.74, 6) is -0.310. The van der Waals surface area contributed by atoms with Gasteiger partial charge in [-0.3, -0.25) is 14.8 Å². The Morgan fingerprint density at radius 2 is 1.83 bits per heavy atom. The van der Waals surface area contributed by atoms with Gasteiger partial charge in [-0.15, -0.1) is 0 Å². The van der Waals surface area contributed by atoms with Gasteiger partial charge in [0.05, 0.1) is 17.6 Å². The normalized spacial score (nSPS) is 10.8. The number of hydrogen-bond donors (Lipinski definition) is 2. The summed E-state index contributed by atoms with van der Waals surface area (Å²) in [5.41, 5.74) is 10.5. The number of aryl methyl sites for hydroxylation is 2. The van der Waals surface area contributed by atoms with Crippen LogP contribution < -0.4 is 16.0 Å². The van der Waals surface area contributed by atoms with E-state index in [1.807, 2.05) is 63.2 Å². The smallest absolute Gasteiger partial charge is 0.275 e. The molecule has 3 aromatic heterocycles. The van der Waals surface area contributed by atoms with Crippen LogP contribution in [0.2, 0.25) is 0 Å². The number of nitrogens with one attached hydrogen (secondary N) is 1. The van der Waals surface area contributed by atoms with Crippen molar-refractivity contribution in [3.05, 3.63) is 89.1 Å². The Balaban J connectivity index is 1.90. The van der Waals surface area contributed by atoms with Crippen LogP contribution in [0.15, 0.2) is 55.0 Å². The molecule has 3 N–H and O–H groups in total. The van der Waals surface area contributed by atoms with Crippen molar-refractivity contribution in [2.75, 3.05) is 30.0 Å². The van der Waals surface area contributed by atoms with Crippen LogP contribution in [-0.2, 0) is 6.42 Å². The summed E-state index contributed by atoms with van der Waals surface area (Å²) in [6, 6.07) is 10.6. The summed E-state index contributed by atoms with van der Waals surface area (Å²) in [7, 11) is 3.78. The van der Waals surface area contributed by atoms with Crippen molar-refractivity contribution < 1.29 is 9.18 Å². The van der Waals surface area contributed by atoms with Crippen LogP contribution in [-0.4, -0.2) is 39.9 Å². The van der Waals surface area contributed by atoms with Crippen molar-refractivity contribution in [1.82, 2.24) is 19.9 Å². The molecule has 1 aromatic carbocycles. The van der Waals surface area contributed by atoms with E-state index >= 15 is 4.39 Å². The molecule has 4 aromatic rings. The minimum Gasteiger partial charge on any atom is -0.396 e. The van der Waals surface area contributed by atoms with Crippen molar-refractivity contribution >= 4 is 23.1 Å². The fraction of sp³-hybridized carbons (Fsp3) is 0.192. The highest BCUT2D eigenvalue weighted by atomic mass is 19.1. The maximum atomic E-state index is 15.2. The predicted octanol–water partition coefficient (Wildman–Crippen LogP) is 4.18. The first-order chi connectivity index (χ1) is 16.7. The molecule has 0 saturated carbocycles. The second-order valence-electron chi connectivity index (χ2n) is 8.41. The molecule has 0 unspecified atom stereocenters. The monoisotopic (exact) mass is 471 g/mol. The number of pyridine rings is 2. The quantitative estimate of drug-likeness (QED) is 0.406. The second-order valence-corrected chi connectivity index (χ2v) is 8.41. The zero-order valence-corrected chi connectivity index (χ0v) is 20.0. The van der Waals surface area contributed by atoms with Gasteiger partial charge in [0, 0.05) is 61.1 Å². The van der Waals surface area contributed by atoms with Crippen molar-refractivity contribution in [3.63, 3.8) is 0 Å². The Morgan fingerprint density at radius 3 is 2.49 bits per heavy atom. The topological polar surface area (TPSA) is 110 Å². The van der Waals surface area contributed by atoms with Crippen LogP contribution in [0.1, 0.15) is 33.1 Å². The largest absolute Gasteiger partial charge is 0.396 e. The molecule has 0 fully saturated rings. The van der Waals surface area contributed by atoms with E-state index in [9.17, 15) is 4.79 Å². The molecule has 4 rings (SSSR count). The van der Waals surface area contributed by atoms with Gasteiger partial charge < -0.3 is 16.0 Å². The second kappa shape index (κ2) is 9.84. The van der Waals surface area contributed by atoms with Crippen LogP contribution >= 0.6 is 0 Å². The van der Waals surface area contributed by atoms with Gasteiger partial charge in [-0.25, -0.2) is 14.4 Å². The maximum absolute atomic E-state index is 15.2. The van der Waals surface area contributed by atoms with E-state index in [4.69, 9.17) is 5.73 Å². The summed E-state index contributed by atoms with van der Waals surface area (Å²) in [5, 5.41) is 2.91. The number of hydrogen-bond acceptors (Lipinski definition) is 7. The molecule has 35 heavy (non-hydrogen) atoms. The molecule has 1 amide bonds. The fourth-order valence-corrected chi connectivity index (χ4v) is 3.85. The van der Waals surface area contributed by atoms with Crippen LogP contribution in [0.25, 0.3) is 11.1 Å². The van der Waals surface area contributed by atoms with Crippen molar-refractivity contribution in [2.24, 2.45) is 0 Å². The van der Waals surface area contributed by atoms with E-state index in [-0.39, 0.29) is 17.8 Å². The first kappa shape index (κ1) is 23.7. The van der Waals surface area contributed by atoms with E-state index in [1.165, 1.54) is 24.7 Å². The van der Waals surface area contributed by atoms with Crippen LogP contribution in [0.5, 0.6) is 0 Å². The summed E-state index contributed by atoms with van der Waals surface area (Å²) in [4.78, 5) is 32.1. The average Bonchev–Trinajstić information content (AvgIpc) is 2.83. The molecule has 0 saturated heterocycles. The summed E-state index contributed by atoms with van der Waals surface area (Å²) in [6.07, 6.45) is 4.49. The number of nitrogens with zero attached hydrogens (tertiary/aromatic N) is 5. The highest BCUT2D eigenvalue weighted by Crippen LogP contribution is 2.38. The lowest BCUT2D eigenvalue weighted by Crippen LogP contribution is -2.18. The first-order valence-electron chi connectivity index (χ1n) is 11.0. The molecule has 0 aliphatic heterocycles. The summed E-state index contributed by atoms with van der Waals surface area (Å²) < 4.78 is 15.2. The molecule has 3 heterocycles. The van der Waals surface area contributed by atoms with E-state index < -0.39 is 11.7 Å². The number of nitrogen functional groups attached to an aromatic ring is 1. The number of anilines is 3. The van der Waals surface area contributed by atoms with Crippen molar-refractivity contribution in [1.29, 1.82) is 0 Å². The molecule has 9 heteroatoms. The Kier molecular flexibility index (Phi) is 6.68. The fourth-order valence-electron chi connectivity index (χ4n) is 3.85. The van der Waals surface area contributed by atoms with E-state index in [0.29, 0.717) is 28.1 Å². The molecular weight excluding hydrogens is 445 g/mol. The molecule has 0 spiro atoms. The van der Waals surface area contributed by atoms with Gasteiger partial charge in [0.25, 0.3) is 5.91 Å². The molecule has 0 aliphatic rings. The van der Waals surface area contributed by atoms with Gasteiger partial charge in [0.1, 0.15) is 17.3 Å². The molecule has 0 aliphatic carbocycles. The third-order valence-electron chi connectivity index (χ3n) is 5.46. The van der Waals surface area contributed by atoms with Crippen LogP contribution in [0.4, 0.5) is 21.6 Å². The van der Waals surface area contributed by atoms with Crippen LogP contribution in [0.3, 0.4) is 0 Å². The van der Waals surface area contributed by atoms with Gasteiger partial charge in [0.2, 0.25) is 0 Å². The number of benzene rings is 1. The zero-order chi connectivity index (χ0) is 25.1. The number of halogens is 1. The average molecular weight is 472 g/mol. The highest BCUT2D eigenvalue weighted by Gasteiger charge is 2.22. The predicted molar refractivity (Wildman–Crippen MR) is 135 cm³/mol. The van der Waals surface area contributed by atoms with Crippen LogP contribution in [0, 0.1) is 19.7 Å². The van der Waals surface area contributed by atoms with E-state index in [1.54, 1.807) is 0 Å². The molecule has 0 bridgehead atoms. The summed E-state index contributed by atoms with van der Waals surface area (Å²) >= 11 is 0. The standard InChI is InChI=1S/C26H26FN7O/c1-15-10-17(11-16(2)31-15)19-13-21(27)24(28)20(12-18-6-5-7-23(32-18)34(3)4)25(19)33-26(35)22-14-29-8-9-30-22/h5-11,13-14H,12,28H2,1-4H3,(H,33,35). The molecule has 8 nitrogen and oxygen atoms in total. The maximum Gasteiger partial charge on any atom is 0.275 e. The molecule has 0 radical (unpaired) electrons. The number of carbonyl (C=O) groups is 1. The Morgan fingerprint density at radius 1 is 1.09 bits per heavy atom. The third-order valence-corrected chi connectivity index (χ3v) is 5.46. The van der Waals surface area contributed by atoms with Gasteiger partial charge in [0.15, 0.2) is 0 Å². The SMILES string of the molecule is Cc1cc(-c2cc(F)c(N)c(Cc3cccc(N(C)C)n3)c2NC(=O)c2cnccn2)cc(C)n1. The first-order valence-corrected chi connectivity index (χ1v) is 11.0. The zero-order valence-electron chi connectivity index (χ0n) is 20.0. The third kappa shape index (κ3) is 5.24. The number of aromatic nitrogens is 4. The van der Waals surface area contributed by atoms with Crippen molar-refractivity contribution in [3.8, 4) is 11.1 Å². The molecule has 0 atom stereocenters. The molecule has 178 valence electrons. The Bertz CT molecular complexity index is 1370. The van der Waals surface area contributed by atoms with Crippen molar-refractivity contribution in [2.45, 2.75) is 20.3 Å². The lowest BCUT2D eigenvalue weighted by molar-refractivity contribution is 0.102. The lowest BCUT2D eigenvalue weighted by Gasteiger charge is -2.20. The number of amides is 1. The number of nitrogens with two attached hydrogens (primary N) is 1. The van der Waals surface area contributed by atoms with Gasteiger partial charge in [-0.2, -0.15) is 0 Å².